The van der Waals surface area contributed by atoms with Crippen molar-refractivity contribution in [2.45, 2.75) is 6.92 Å². The predicted octanol–water partition coefficient (Wildman–Crippen LogP) is 2.83. The highest BCUT2D eigenvalue weighted by atomic mass is 127. The lowest BCUT2D eigenvalue weighted by molar-refractivity contribution is -0.114. The number of hydrogen-bond acceptors (Lipinski definition) is 1. The topological polar surface area (TPSA) is 20.3 Å². The number of amides is 1. The third-order valence-electron chi connectivity index (χ3n) is 2.00. The lowest BCUT2D eigenvalue weighted by Crippen LogP contribution is -2.32. The number of benzene rings is 1. The molecule has 0 atom stereocenters. The Morgan fingerprint density at radius 3 is 2.69 bits per heavy atom. The molecule has 0 aliphatic rings. The molecule has 0 aliphatic carbocycles. The molecule has 0 spiro atoms. The summed E-state index contributed by atoms with van der Waals surface area (Å²) in [5.41, 5.74) is 1.31. The molecule has 0 radical (unpaired) electrons. The molecule has 82 valence electrons. The van der Waals surface area contributed by atoms with E-state index in [2.05, 4.69) is 35.1 Å². The highest BCUT2D eigenvalue weighted by molar-refractivity contribution is 14.1. The van der Waals surface area contributed by atoms with Gasteiger partial charge in [0.15, 0.2) is 0 Å². The van der Waals surface area contributed by atoms with Crippen molar-refractivity contribution >= 4 is 34.2 Å². The first-order chi connectivity index (χ1) is 7.57. The molecule has 1 aromatic rings. The van der Waals surface area contributed by atoms with Gasteiger partial charge in [-0.25, -0.2) is 0 Å². The van der Waals surface area contributed by atoms with Crippen LogP contribution in [0.3, 0.4) is 0 Å². The fourth-order valence-electron chi connectivity index (χ4n) is 1.26. The smallest absolute Gasteiger partial charge is 0.254 e. The molecule has 0 fully saturated rings. The summed E-state index contributed by atoms with van der Waals surface area (Å²) in [5.74, 6) is 2.35. The van der Waals surface area contributed by atoms with Crippen molar-refractivity contribution in [2.75, 3.05) is 11.4 Å². The number of anilines is 1. The molecule has 2 nitrogen and oxygen atoms in total. The maximum Gasteiger partial charge on any atom is 0.254 e. The Kier molecular flexibility index (Phi) is 4.56. The van der Waals surface area contributed by atoms with Crippen LogP contribution >= 0.6 is 22.6 Å². The zero-order chi connectivity index (χ0) is 12.1. The molecule has 0 bridgehead atoms. The normalized spacial score (nSPS) is 9.31. The Balaban J connectivity index is 3.14. The van der Waals surface area contributed by atoms with Crippen LogP contribution in [0.4, 0.5) is 5.69 Å². The summed E-state index contributed by atoms with van der Waals surface area (Å²) in [6.45, 7) is 5.59. The summed E-state index contributed by atoms with van der Waals surface area (Å²) < 4.78 is 0.991. The summed E-state index contributed by atoms with van der Waals surface area (Å²) in [7, 11) is 0. The Labute approximate surface area is 109 Å². The summed E-state index contributed by atoms with van der Waals surface area (Å²) in [6, 6.07) is 7.61. The number of hydrogen-bond donors (Lipinski definition) is 0. The Hall–Kier alpha value is -1.28. The first kappa shape index (κ1) is 12.8. The third kappa shape index (κ3) is 2.86. The van der Waals surface area contributed by atoms with Crippen molar-refractivity contribution in [3.8, 4) is 12.3 Å². The average Bonchev–Trinajstić information content (AvgIpc) is 2.26. The van der Waals surface area contributed by atoms with E-state index in [0.29, 0.717) is 5.57 Å². The fraction of sp³-hybridized carbons (Fsp3) is 0.154. The first-order valence-corrected chi connectivity index (χ1v) is 5.81. The van der Waals surface area contributed by atoms with Gasteiger partial charge in [-0.05, 0) is 41.6 Å². The zero-order valence-electron chi connectivity index (χ0n) is 9.03. The number of rotatable bonds is 3. The maximum atomic E-state index is 11.9. The van der Waals surface area contributed by atoms with Gasteiger partial charge in [-0.3, -0.25) is 9.69 Å². The summed E-state index contributed by atoms with van der Waals surface area (Å²) in [4.78, 5) is 13.5. The molecule has 16 heavy (non-hydrogen) atoms. The van der Waals surface area contributed by atoms with Gasteiger partial charge in [0.25, 0.3) is 5.91 Å². The molecule has 0 heterocycles. The standard InChI is InChI=1S/C13H12INO/c1-4-9-15(13(16)10(2)3)12-8-6-5-7-11(12)14/h1,5-8H,2,9H2,3H3. The van der Waals surface area contributed by atoms with Crippen LogP contribution in [-0.2, 0) is 4.79 Å². The lowest BCUT2D eigenvalue weighted by Gasteiger charge is -2.21. The number of nitrogens with zero attached hydrogens (tertiary/aromatic N) is 1. The van der Waals surface area contributed by atoms with E-state index in [4.69, 9.17) is 6.42 Å². The predicted molar refractivity (Wildman–Crippen MR) is 75.2 cm³/mol. The van der Waals surface area contributed by atoms with Crippen LogP contribution in [0.15, 0.2) is 36.4 Å². The number of para-hydroxylation sites is 1. The largest absolute Gasteiger partial charge is 0.296 e. The first-order valence-electron chi connectivity index (χ1n) is 4.73. The van der Waals surface area contributed by atoms with Crippen molar-refractivity contribution in [1.82, 2.24) is 0 Å². The number of terminal acetylenes is 1. The highest BCUT2D eigenvalue weighted by Gasteiger charge is 2.16. The van der Waals surface area contributed by atoms with Gasteiger partial charge in [0, 0.05) is 9.14 Å². The van der Waals surface area contributed by atoms with Crippen LogP contribution in [0.2, 0.25) is 0 Å². The summed E-state index contributed by atoms with van der Waals surface area (Å²) in [5, 5.41) is 0. The molecule has 0 aliphatic heterocycles. The van der Waals surface area contributed by atoms with Gasteiger partial charge >= 0.3 is 0 Å². The SMILES string of the molecule is C#CCN(C(=O)C(=C)C)c1ccccc1I. The number of carbonyl (C=O) groups is 1. The van der Waals surface area contributed by atoms with Crippen LogP contribution in [-0.4, -0.2) is 12.5 Å². The molecule has 0 saturated heterocycles. The van der Waals surface area contributed by atoms with E-state index in [-0.39, 0.29) is 12.5 Å². The number of halogens is 1. The Bertz CT molecular complexity index is 459. The molecule has 1 amide bonds. The van der Waals surface area contributed by atoms with E-state index in [1.807, 2.05) is 24.3 Å². The monoisotopic (exact) mass is 325 g/mol. The van der Waals surface area contributed by atoms with Crippen LogP contribution in [0.1, 0.15) is 6.92 Å². The van der Waals surface area contributed by atoms with Gasteiger partial charge in [-0.15, -0.1) is 6.42 Å². The molecular weight excluding hydrogens is 313 g/mol. The van der Waals surface area contributed by atoms with Gasteiger partial charge in [-0.1, -0.05) is 24.6 Å². The van der Waals surface area contributed by atoms with Crippen LogP contribution in [0, 0.1) is 15.9 Å². The van der Waals surface area contributed by atoms with E-state index < -0.39 is 0 Å². The number of carbonyl (C=O) groups excluding carboxylic acids is 1. The van der Waals surface area contributed by atoms with E-state index in [1.54, 1.807) is 11.8 Å². The maximum absolute atomic E-state index is 11.9. The van der Waals surface area contributed by atoms with E-state index in [9.17, 15) is 4.79 Å². The molecule has 0 N–H and O–H groups in total. The van der Waals surface area contributed by atoms with Crippen molar-refractivity contribution in [2.24, 2.45) is 0 Å². The van der Waals surface area contributed by atoms with Gasteiger partial charge in [0.1, 0.15) is 0 Å². The van der Waals surface area contributed by atoms with Crippen molar-refractivity contribution in [1.29, 1.82) is 0 Å². The second kappa shape index (κ2) is 5.71. The van der Waals surface area contributed by atoms with Crippen LogP contribution in [0.5, 0.6) is 0 Å². The van der Waals surface area contributed by atoms with Crippen LogP contribution in [0.25, 0.3) is 0 Å². The van der Waals surface area contributed by atoms with Crippen LogP contribution < -0.4 is 4.90 Å². The second-order valence-corrected chi connectivity index (χ2v) is 4.49. The second-order valence-electron chi connectivity index (χ2n) is 3.33. The molecule has 0 unspecified atom stereocenters. The summed E-state index contributed by atoms with van der Waals surface area (Å²) >= 11 is 2.18. The van der Waals surface area contributed by atoms with Crippen molar-refractivity contribution in [3.63, 3.8) is 0 Å². The van der Waals surface area contributed by atoms with Gasteiger partial charge in [0.05, 0.1) is 12.2 Å². The quantitative estimate of drug-likeness (QED) is 0.475. The van der Waals surface area contributed by atoms with Gasteiger partial charge < -0.3 is 0 Å². The lowest BCUT2D eigenvalue weighted by atomic mass is 10.2. The third-order valence-corrected chi connectivity index (χ3v) is 2.92. The highest BCUT2D eigenvalue weighted by Crippen LogP contribution is 2.22. The van der Waals surface area contributed by atoms with Gasteiger partial charge in [0.2, 0.25) is 0 Å². The van der Waals surface area contributed by atoms with E-state index >= 15 is 0 Å². The molecule has 1 rings (SSSR count). The molecular formula is C13H12INO. The van der Waals surface area contributed by atoms with E-state index in [1.165, 1.54) is 0 Å². The van der Waals surface area contributed by atoms with Crippen molar-refractivity contribution < 1.29 is 4.79 Å². The zero-order valence-corrected chi connectivity index (χ0v) is 11.2. The molecule has 0 aromatic heterocycles. The molecule has 0 saturated carbocycles. The fourth-order valence-corrected chi connectivity index (χ4v) is 1.94. The molecule has 1 aromatic carbocycles. The molecule has 3 heteroatoms. The Morgan fingerprint density at radius 2 is 2.19 bits per heavy atom. The minimum Gasteiger partial charge on any atom is -0.296 e. The minimum absolute atomic E-state index is 0.137. The van der Waals surface area contributed by atoms with Crippen molar-refractivity contribution in [3.05, 3.63) is 40.0 Å². The van der Waals surface area contributed by atoms with Gasteiger partial charge in [-0.2, -0.15) is 0 Å². The summed E-state index contributed by atoms with van der Waals surface area (Å²) in [6.07, 6.45) is 5.28. The average molecular weight is 325 g/mol. The Morgan fingerprint density at radius 1 is 1.56 bits per heavy atom. The minimum atomic E-state index is -0.137. The van der Waals surface area contributed by atoms with E-state index in [0.717, 1.165) is 9.26 Å².